The quantitative estimate of drug-likeness (QED) is 0.570. The summed E-state index contributed by atoms with van der Waals surface area (Å²) in [7, 11) is 0. The van der Waals surface area contributed by atoms with E-state index in [9.17, 15) is 0 Å². The normalized spacial score (nSPS) is 29.4. The molecule has 0 aromatic heterocycles. The van der Waals surface area contributed by atoms with Crippen LogP contribution in [0.5, 0.6) is 0 Å². The maximum Gasteiger partial charge on any atom is 0.191 e. The molecule has 0 radical (unpaired) electrons. The van der Waals surface area contributed by atoms with Crippen molar-refractivity contribution in [2.24, 2.45) is 10.9 Å². The lowest BCUT2D eigenvalue weighted by atomic mass is 10.2. The second-order valence-electron chi connectivity index (χ2n) is 5.48. The smallest absolute Gasteiger partial charge is 0.191 e. The zero-order chi connectivity index (χ0) is 12.1. The largest absolute Gasteiger partial charge is 0.354 e. The van der Waals surface area contributed by atoms with Gasteiger partial charge in [0.05, 0.1) is 0 Å². The van der Waals surface area contributed by atoms with Gasteiger partial charge >= 0.3 is 0 Å². The highest BCUT2D eigenvalue weighted by Crippen LogP contribution is 2.34. The molecule has 0 aliphatic heterocycles. The molecule has 2 aliphatic rings. The first kappa shape index (κ1) is 12.7. The molecule has 98 valence electrons. The van der Waals surface area contributed by atoms with E-state index in [0.717, 1.165) is 18.4 Å². The fraction of sp³-hybridized carbons (Fsp3) is 0.929. The Labute approximate surface area is 105 Å². The maximum absolute atomic E-state index is 4.56. The van der Waals surface area contributed by atoms with Crippen molar-refractivity contribution in [2.75, 3.05) is 6.54 Å². The van der Waals surface area contributed by atoms with Crippen LogP contribution in [0.15, 0.2) is 4.99 Å². The SMILES string of the molecule is CCCC1CC1NC(=NCC)NC1CCCC1. The van der Waals surface area contributed by atoms with Crippen LogP contribution in [0.25, 0.3) is 0 Å². The van der Waals surface area contributed by atoms with Crippen molar-refractivity contribution in [3.63, 3.8) is 0 Å². The van der Waals surface area contributed by atoms with Crippen molar-refractivity contribution in [1.29, 1.82) is 0 Å². The monoisotopic (exact) mass is 237 g/mol. The third kappa shape index (κ3) is 3.90. The molecule has 2 rings (SSSR count). The number of guanidine groups is 1. The Balaban J connectivity index is 1.75. The molecule has 17 heavy (non-hydrogen) atoms. The van der Waals surface area contributed by atoms with Crippen molar-refractivity contribution in [3.05, 3.63) is 0 Å². The minimum Gasteiger partial charge on any atom is -0.354 e. The van der Waals surface area contributed by atoms with Crippen LogP contribution in [0.1, 0.15) is 58.8 Å². The van der Waals surface area contributed by atoms with E-state index in [2.05, 4.69) is 29.5 Å². The van der Waals surface area contributed by atoms with E-state index in [1.165, 1.54) is 44.9 Å². The minimum atomic E-state index is 0.663. The van der Waals surface area contributed by atoms with Gasteiger partial charge in [0.15, 0.2) is 5.96 Å². The number of nitrogens with zero attached hydrogens (tertiary/aromatic N) is 1. The molecule has 2 fully saturated rings. The molecular formula is C14H27N3. The first-order valence-corrected chi connectivity index (χ1v) is 7.41. The molecule has 0 spiro atoms. The third-order valence-corrected chi connectivity index (χ3v) is 3.92. The van der Waals surface area contributed by atoms with E-state index in [1.54, 1.807) is 0 Å². The predicted octanol–water partition coefficient (Wildman–Crippen LogP) is 2.67. The molecule has 0 amide bonds. The van der Waals surface area contributed by atoms with E-state index in [1.807, 2.05) is 0 Å². The number of aliphatic imine (C=N–C) groups is 1. The van der Waals surface area contributed by atoms with Gasteiger partial charge in [-0.25, -0.2) is 0 Å². The van der Waals surface area contributed by atoms with Crippen LogP contribution in [0.2, 0.25) is 0 Å². The summed E-state index contributed by atoms with van der Waals surface area (Å²) in [6.45, 7) is 5.24. The Bertz CT molecular complexity index is 256. The molecule has 3 nitrogen and oxygen atoms in total. The Morgan fingerprint density at radius 2 is 1.94 bits per heavy atom. The van der Waals surface area contributed by atoms with Crippen LogP contribution in [-0.4, -0.2) is 24.6 Å². The van der Waals surface area contributed by atoms with Crippen LogP contribution in [0.3, 0.4) is 0 Å². The zero-order valence-corrected chi connectivity index (χ0v) is 11.3. The first-order valence-electron chi connectivity index (χ1n) is 7.41. The summed E-state index contributed by atoms with van der Waals surface area (Å²) in [5, 5.41) is 7.18. The number of hydrogen-bond donors (Lipinski definition) is 2. The van der Waals surface area contributed by atoms with Crippen LogP contribution < -0.4 is 10.6 Å². The van der Waals surface area contributed by atoms with Crippen LogP contribution in [-0.2, 0) is 0 Å². The molecule has 0 bridgehead atoms. The van der Waals surface area contributed by atoms with Gasteiger partial charge in [-0.2, -0.15) is 0 Å². The van der Waals surface area contributed by atoms with Gasteiger partial charge in [0, 0.05) is 18.6 Å². The Hall–Kier alpha value is -0.730. The van der Waals surface area contributed by atoms with Gasteiger partial charge in [-0.05, 0) is 38.5 Å². The fourth-order valence-electron chi connectivity index (χ4n) is 2.84. The maximum atomic E-state index is 4.56. The molecule has 2 N–H and O–H groups in total. The summed E-state index contributed by atoms with van der Waals surface area (Å²) < 4.78 is 0. The Morgan fingerprint density at radius 3 is 2.59 bits per heavy atom. The number of hydrogen-bond acceptors (Lipinski definition) is 1. The lowest BCUT2D eigenvalue weighted by Crippen LogP contribution is -2.43. The van der Waals surface area contributed by atoms with Crippen molar-refractivity contribution < 1.29 is 0 Å². The summed E-state index contributed by atoms with van der Waals surface area (Å²) in [5.74, 6) is 1.95. The molecule has 3 heteroatoms. The highest BCUT2D eigenvalue weighted by atomic mass is 15.2. The van der Waals surface area contributed by atoms with Crippen molar-refractivity contribution in [2.45, 2.75) is 70.9 Å². The molecule has 2 aliphatic carbocycles. The summed E-state index contributed by atoms with van der Waals surface area (Å²) >= 11 is 0. The average Bonchev–Trinajstić information content (AvgIpc) is 2.83. The van der Waals surface area contributed by atoms with Crippen molar-refractivity contribution in [1.82, 2.24) is 10.6 Å². The topological polar surface area (TPSA) is 36.4 Å². The molecule has 2 atom stereocenters. The average molecular weight is 237 g/mol. The summed E-state index contributed by atoms with van der Waals surface area (Å²) in [5.41, 5.74) is 0. The minimum absolute atomic E-state index is 0.663. The predicted molar refractivity (Wildman–Crippen MR) is 73.3 cm³/mol. The highest BCUT2D eigenvalue weighted by molar-refractivity contribution is 5.80. The summed E-state index contributed by atoms with van der Waals surface area (Å²) in [6.07, 6.45) is 9.38. The van der Waals surface area contributed by atoms with Crippen molar-refractivity contribution in [3.8, 4) is 0 Å². The molecule has 0 heterocycles. The number of nitrogens with one attached hydrogen (secondary N) is 2. The second kappa shape index (κ2) is 6.27. The Kier molecular flexibility index (Phi) is 4.69. The van der Waals surface area contributed by atoms with Gasteiger partial charge in [0.1, 0.15) is 0 Å². The summed E-state index contributed by atoms with van der Waals surface area (Å²) in [4.78, 5) is 4.56. The molecule has 0 aromatic rings. The van der Waals surface area contributed by atoms with E-state index in [4.69, 9.17) is 0 Å². The zero-order valence-electron chi connectivity index (χ0n) is 11.3. The lowest BCUT2D eigenvalue weighted by Gasteiger charge is -2.17. The highest BCUT2D eigenvalue weighted by Gasteiger charge is 2.36. The molecule has 2 saturated carbocycles. The fourth-order valence-corrected chi connectivity index (χ4v) is 2.84. The Morgan fingerprint density at radius 1 is 1.18 bits per heavy atom. The van der Waals surface area contributed by atoms with Gasteiger partial charge in [-0.3, -0.25) is 4.99 Å². The summed E-state index contributed by atoms with van der Waals surface area (Å²) in [6, 6.07) is 1.35. The van der Waals surface area contributed by atoms with Gasteiger partial charge in [-0.1, -0.05) is 26.2 Å². The van der Waals surface area contributed by atoms with E-state index >= 15 is 0 Å². The van der Waals surface area contributed by atoms with Gasteiger partial charge in [0.2, 0.25) is 0 Å². The van der Waals surface area contributed by atoms with E-state index in [0.29, 0.717) is 12.1 Å². The van der Waals surface area contributed by atoms with Crippen molar-refractivity contribution >= 4 is 5.96 Å². The first-order chi connectivity index (χ1) is 8.33. The van der Waals surface area contributed by atoms with Gasteiger partial charge in [-0.15, -0.1) is 0 Å². The molecular weight excluding hydrogens is 210 g/mol. The van der Waals surface area contributed by atoms with Crippen LogP contribution in [0, 0.1) is 5.92 Å². The second-order valence-corrected chi connectivity index (χ2v) is 5.48. The lowest BCUT2D eigenvalue weighted by molar-refractivity contribution is 0.600. The standard InChI is InChI=1S/C14H27N3/c1-3-7-11-10-13(11)17-14(15-4-2)16-12-8-5-6-9-12/h11-13H,3-10H2,1-2H3,(H2,15,16,17). The molecule has 0 aromatic carbocycles. The van der Waals surface area contributed by atoms with E-state index < -0.39 is 0 Å². The number of rotatable bonds is 5. The third-order valence-electron chi connectivity index (χ3n) is 3.92. The van der Waals surface area contributed by atoms with Gasteiger partial charge < -0.3 is 10.6 Å². The molecule has 0 saturated heterocycles. The van der Waals surface area contributed by atoms with Crippen LogP contribution in [0.4, 0.5) is 0 Å². The molecule has 2 unspecified atom stereocenters. The van der Waals surface area contributed by atoms with Crippen LogP contribution >= 0.6 is 0 Å². The van der Waals surface area contributed by atoms with Gasteiger partial charge in [0.25, 0.3) is 0 Å². The van der Waals surface area contributed by atoms with E-state index in [-0.39, 0.29) is 0 Å².